The quantitative estimate of drug-likeness (QED) is 0.665. The Kier molecular flexibility index (Phi) is 12.9. The maximum atomic E-state index is 10.4. The zero-order valence-electron chi connectivity index (χ0n) is 7.88. The van der Waals surface area contributed by atoms with Gasteiger partial charge in [-0.25, -0.2) is 0 Å². The second kappa shape index (κ2) is 10.8. The number of aliphatic carboxylic acids is 1. The van der Waals surface area contributed by atoms with Crippen LogP contribution in [-0.4, -0.2) is 27.3 Å². The summed E-state index contributed by atoms with van der Waals surface area (Å²) < 4.78 is 8.28. The molecule has 0 amide bonds. The summed E-state index contributed by atoms with van der Waals surface area (Å²) in [4.78, 5) is 10.4. The number of unbranched alkanes of at least 4 members (excludes halogenated alkanes) is 1. The van der Waals surface area contributed by atoms with Gasteiger partial charge in [0.05, 0.1) is 5.92 Å². The van der Waals surface area contributed by atoms with Crippen LogP contribution in [0.1, 0.15) is 39.5 Å². The summed E-state index contributed by atoms with van der Waals surface area (Å²) in [5.41, 5.74) is 0. The molecule has 0 heterocycles. The Morgan fingerprint density at radius 2 is 1.92 bits per heavy atom. The van der Waals surface area contributed by atoms with Crippen molar-refractivity contribution in [3.8, 4) is 0 Å². The van der Waals surface area contributed by atoms with Crippen LogP contribution in [0.5, 0.6) is 0 Å². The van der Waals surface area contributed by atoms with Crippen molar-refractivity contribution < 1.29 is 13.7 Å². The van der Waals surface area contributed by atoms with Gasteiger partial charge in [-0.1, -0.05) is 26.7 Å². The predicted octanol–water partition coefficient (Wildman–Crippen LogP) is 1.52. The third-order valence-electron chi connectivity index (χ3n) is 1.75. The molecule has 3 nitrogen and oxygen atoms in total. The summed E-state index contributed by atoms with van der Waals surface area (Å²) in [5.74, 6) is -0.754. The number of carboxylic acid groups (broad SMARTS) is 1. The fraction of sp³-hybridized carbons (Fsp3) is 0.875. The number of carbonyl (C=O) groups is 1. The van der Waals surface area contributed by atoms with Gasteiger partial charge < -0.3 is 5.11 Å². The van der Waals surface area contributed by atoms with Crippen LogP contribution in [0.4, 0.5) is 0 Å². The van der Waals surface area contributed by atoms with Gasteiger partial charge in [-0.15, -0.1) is 0 Å². The van der Waals surface area contributed by atoms with Crippen LogP contribution in [0.3, 0.4) is 0 Å². The molecule has 0 radical (unpaired) electrons. The van der Waals surface area contributed by atoms with E-state index < -0.39 is 5.97 Å². The summed E-state index contributed by atoms with van der Waals surface area (Å²) in [6, 6.07) is 0. The van der Waals surface area contributed by atoms with E-state index in [0.29, 0.717) is 16.2 Å². The third kappa shape index (κ3) is 7.90. The van der Waals surface area contributed by atoms with Crippen molar-refractivity contribution in [1.29, 1.82) is 0 Å². The molecule has 1 N–H and O–H groups in total. The number of rotatable bonds is 5. The van der Waals surface area contributed by atoms with Crippen LogP contribution in [0.15, 0.2) is 0 Å². The molecule has 0 aliphatic rings. The van der Waals surface area contributed by atoms with Crippen molar-refractivity contribution in [3.63, 3.8) is 0 Å². The predicted molar refractivity (Wildman–Crippen MR) is 48.8 cm³/mol. The van der Waals surface area contributed by atoms with E-state index in [1.165, 1.54) is 0 Å². The Morgan fingerprint density at radius 1 is 1.42 bits per heavy atom. The average Bonchev–Trinajstić information content (AvgIpc) is 2.09. The molecule has 1 unspecified atom stereocenters. The molecule has 12 heavy (non-hydrogen) atoms. The van der Waals surface area contributed by atoms with Gasteiger partial charge in [0.15, 0.2) is 0 Å². The van der Waals surface area contributed by atoms with E-state index in [2.05, 4.69) is 6.92 Å². The first kappa shape index (κ1) is 14.3. The molecule has 0 saturated carbocycles. The Bertz CT molecular complexity index is 117. The van der Waals surface area contributed by atoms with Gasteiger partial charge in [0, 0.05) is 0 Å². The Morgan fingerprint density at radius 3 is 2.17 bits per heavy atom. The van der Waals surface area contributed by atoms with Crippen LogP contribution in [0, 0.1) is 5.92 Å². The first-order valence-electron chi connectivity index (χ1n) is 4.24. The van der Waals surface area contributed by atoms with E-state index in [1.54, 1.807) is 0 Å². The molecule has 0 spiro atoms. The average molecular weight is 188 g/mol. The summed E-state index contributed by atoms with van der Waals surface area (Å²) in [6.07, 6.45) is 3.71. The number of hydrogen-bond acceptors (Lipinski definition) is 2. The summed E-state index contributed by atoms with van der Waals surface area (Å²) in [6.45, 7) is 4.00. The van der Waals surface area contributed by atoms with E-state index in [-0.39, 0.29) is 5.92 Å². The second-order valence-corrected chi connectivity index (χ2v) is 2.59. The van der Waals surface area contributed by atoms with Crippen molar-refractivity contribution >= 4 is 22.2 Å². The molecule has 0 aliphatic heterocycles. The molecule has 0 aromatic rings. The molecule has 0 aliphatic carbocycles. The summed E-state index contributed by atoms with van der Waals surface area (Å²) in [7, 11) is 0. The zero-order valence-corrected chi connectivity index (χ0v) is 9.29. The molecule has 70 valence electrons. The Hall–Kier alpha value is -0.198. The molecule has 0 saturated heterocycles. The summed E-state index contributed by atoms with van der Waals surface area (Å²) in [5, 5.41) is 8.60. The normalized spacial score (nSPS) is 11.1. The van der Waals surface area contributed by atoms with Crippen molar-refractivity contribution in [2.24, 2.45) is 5.92 Å². The van der Waals surface area contributed by atoms with E-state index >= 15 is 0 Å². The molecule has 0 aromatic heterocycles. The van der Waals surface area contributed by atoms with Crippen LogP contribution >= 0.6 is 0 Å². The molecule has 0 bridgehead atoms. The van der Waals surface area contributed by atoms with Crippen LogP contribution < -0.4 is 0 Å². The van der Waals surface area contributed by atoms with Crippen molar-refractivity contribution in [2.45, 2.75) is 39.5 Å². The standard InChI is InChI=1S/C8H16O2.Al.O.H/c1-3-5-6-7(4-2)8(9)10;;;/h7H,3-6H2,1-2H3,(H,9,10);;;. The first-order valence-corrected chi connectivity index (χ1v) is 4.81. The number of hydrogen-bond donors (Lipinski definition) is 1. The van der Waals surface area contributed by atoms with Gasteiger partial charge in [-0.2, -0.15) is 0 Å². The van der Waals surface area contributed by atoms with Crippen molar-refractivity contribution in [3.05, 3.63) is 0 Å². The first-order chi connectivity index (χ1) is 5.72. The van der Waals surface area contributed by atoms with E-state index in [9.17, 15) is 4.79 Å². The molecule has 0 rings (SSSR count). The van der Waals surface area contributed by atoms with Gasteiger partial charge in [0.1, 0.15) is 0 Å². The van der Waals surface area contributed by atoms with Crippen LogP contribution in [0.25, 0.3) is 0 Å². The van der Waals surface area contributed by atoms with Gasteiger partial charge in [0.25, 0.3) is 0 Å². The SMILES string of the molecule is CCCCC(CC)C(=O)O.[O]=[AlH]. The van der Waals surface area contributed by atoms with Crippen molar-refractivity contribution in [2.75, 3.05) is 0 Å². The van der Waals surface area contributed by atoms with Gasteiger partial charge in [0.2, 0.25) is 0 Å². The molecule has 0 fully saturated rings. The Labute approximate surface area is 81.8 Å². The fourth-order valence-corrected chi connectivity index (χ4v) is 0.953. The van der Waals surface area contributed by atoms with E-state index in [1.807, 2.05) is 6.92 Å². The minimum atomic E-state index is -0.643. The molecule has 0 aromatic carbocycles. The molecule has 1 atom stereocenters. The molecular weight excluding hydrogens is 171 g/mol. The van der Waals surface area contributed by atoms with Crippen LogP contribution in [-0.2, 0) is 8.60 Å². The van der Waals surface area contributed by atoms with E-state index in [0.717, 1.165) is 25.7 Å². The Balaban J connectivity index is 0. The molecular formula is C8H17AlO3. The fourth-order valence-electron chi connectivity index (χ4n) is 0.953. The maximum absolute atomic E-state index is 10.4. The van der Waals surface area contributed by atoms with Crippen LogP contribution in [0.2, 0.25) is 0 Å². The number of carboxylic acids is 1. The minimum absolute atomic E-state index is 0.111. The zero-order chi connectivity index (χ0) is 9.98. The summed E-state index contributed by atoms with van der Waals surface area (Å²) >= 11 is 0.611. The molecule has 4 heteroatoms. The van der Waals surface area contributed by atoms with Gasteiger partial charge in [-0.3, -0.25) is 4.79 Å². The topological polar surface area (TPSA) is 54.4 Å². The van der Waals surface area contributed by atoms with Gasteiger partial charge in [-0.05, 0) is 12.8 Å². The third-order valence-corrected chi connectivity index (χ3v) is 1.75. The van der Waals surface area contributed by atoms with Crippen molar-refractivity contribution in [1.82, 2.24) is 0 Å². The second-order valence-electron chi connectivity index (χ2n) is 2.59. The monoisotopic (exact) mass is 188 g/mol. The van der Waals surface area contributed by atoms with Gasteiger partial charge >= 0.3 is 26.0 Å². The van der Waals surface area contributed by atoms with E-state index in [4.69, 9.17) is 8.91 Å².